The molecular formula is C15H17NO5S. The molecule has 118 valence electrons. The van der Waals surface area contributed by atoms with Gasteiger partial charge in [-0.25, -0.2) is 4.79 Å². The number of ether oxygens (including phenoxy) is 1. The number of aliphatic carboxylic acids is 1. The van der Waals surface area contributed by atoms with Gasteiger partial charge in [0.1, 0.15) is 4.88 Å². The maximum absolute atomic E-state index is 12.6. The van der Waals surface area contributed by atoms with Crippen molar-refractivity contribution >= 4 is 34.9 Å². The van der Waals surface area contributed by atoms with Gasteiger partial charge in [-0.3, -0.25) is 9.59 Å². The fourth-order valence-electron chi connectivity index (χ4n) is 3.90. The van der Waals surface area contributed by atoms with Crippen LogP contribution in [-0.4, -0.2) is 30.1 Å². The quantitative estimate of drug-likeness (QED) is 0.829. The molecular weight excluding hydrogens is 306 g/mol. The van der Waals surface area contributed by atoms with Crippen LogP contribution in [-0.2, 0) is 14.3 Å². The predicted molar refractivity (Wildman–Crippen MR) is 79.7 cm³/mol. The van der Waals surface area contributed by atoms with Gasteiger partial charge in [-0.15, -0.1) is 11.3 Å². The Morgan fingerprint density at radius 1 is 1.27 bits per heavy atom. The average molecular weight is 323 g/mol. The Labute approximate surface area is 131 Å². The van der Waals surface area contributed by atoms with Crippen molar-refractivity contribution < 1.29 is 24.2 Å². The van der Waals surface area contributed by atoms with Gasteiger partial charge in [-0.2, -0.15) is 0 Å². The maximum atomic E-state index is 12.6. The van der Waals surface area contributed by atoms with E-state index in [4.69, 9.17) is 0 Å². The van der Waals surface area contributed by atoms with Crippen LogP contribution in [0.15, 0.2) is 11.4 Å². The Bertz CT molecular complexity index is 625. The minimum atomic E-state index is -0.897. The molecule has 1 amide bonds. The van der Waals surface area contributed by atoms with Crippen LogP contribution >= 0.6 is 11.3 Å². The molecule has 0 radical (unpaired) electrons. The van der Waals surface area contributed by atoms with E-state index in [9.17, 15) is 19.5 Å². The molecule has 0 saturated heterocycles. The van der Waals surface area contributed by atoms with Gasteiger partial charge in [0, 0.05) is 0 Å². The monoisotopic (exact) mass is 323 g/mol. The highest BCUT2D eigenvalue weighted by molar-refractivity contribution is 7.12. The average Bonchev–Trinajstić information content (AvgIpc) is 3.20. The van der Waals surface area contributed by atoms with Crippen LogP contribution in [0.3, 0.4) is 0 Å². The molecule has 1 aromatic rings. The summed E-state index contributed by atoms with van der Waals surface area (Å²) in [6.45, 7) is 0. The van der Waals surface area contributed by atoms with Gasteiger partial charge in [-0.05, 0) is 42.5 Å². The molecule has 2 aliphatic carbocycles. The molecule has 0 aromatic carbocycles. The Kier molecular flexibility index (Phi) is 3.90. The first kappa shape index (κ1) is 15.0. The number of nitrogens with one attached hydrogen (secondary N) is 1. The number of carbonyl (C=O) groups is 3. The zero-order chi connectivity index (χ0) is 15.9. The molecule has 2 fully saturated rings. The summed E-state index contributed by atoms with van der Waals surface area (Å²) in [5.74, 6) is -2.60. The van der Waals surface area contributed by atoms with Crippen LogP contribution in [0, 0.1) is 23.7 Å². The summed E-state index contributed by atoms with van der Waals surface area (Å²) in [6, 6.07) is 1.64. The summed E-state index contributed by atoms with van der Waals surface area (Å²) in [5, 5.41) is 13.8. The third kappa shape index (κ3) is 2.39. The topological polar surface area (TPSA) is 92.7 Å². The van der Waals surface area contributed by atoms with Crippen molar-refractivity contribution in [1.82, 2.24) is 0 Å². The molecule has 4 atom stereocenters. The second kappa shape index (κ2) is 5.72. The van der Waals surface area contributed by atoms with Crippen molar-refractivity contribution in [1.29, 1.82) is 0 Å². The number of methoxy groups -OCH3 is 1. The Balaban J connectivity index is 1.79. The fraction of sp³-hybridized carbons (Fsp3) is 0.533. The highest BCUT2D eigenvalue weighted by atomic mass is 32.1. The second-order valence-corrected chi connectivity index (χ2v) is 6.78. The molecule has 2 saturated carbocycles. The zero-order valence-corrected chi connectivity index (χ0v) is 12.9. The lowest BCUT2D eigenvalue weighted by molar-refractivity contribution is -0.148. The van der Waals surface area contributed by atoms with E-state index in [-0.39, 0.29) is 17.7 Å². The number of fused-ring (bicyclic) bond motifs is 2. The molecule has 7 heteroatoms. The normalized spacial score (nSPS) is 29.3. The lowest BCUT2D eigenvalue weighted by atomic mass is 9.78. The van der Waals surface area contributed by atoms with Crippen molar-refractivity contribution in [2.45, 2.75) is 19.3 Å². The number of amides is 1. The third-order valence-electron chi connectivity index (χ3n) is 4.80. The lowest BCUT2D eigenvalue weighted by Gasteiger charge is -2.27. The highest BCUT2D eigenvalue weighted by Crippen LogP contribution is 2.52. The van der Waals surface area contributed by atoms with Gasteiger partial charge in [0.25, 0.3) is 0 Å². The van der Waals surface area contributed by atoms with Gasteiger partial charge in [0.05, 0.1) is 24.6 Å². The molecule has 0 aliphatic heterocycles. The second-order valence-electron chi connectivity index (χ2n) is 5.87. The van der Waals surface area contributed by atoms with Gasteiger partial charge >= 0.3 is 11.9 Å². The maximum Gasteiger partial charge on any atom is 0.350 e. The Hall–Kier alpha value is -1.89. The summed E-state index contributed by atoms with van der Waals surface area (Å²) in [7, 11) is 1.28. The molecule has 3 rings (SSSR count). The largest absolute Gasteiger partial charge is 0.481 e. The summed E-state index contributed by atoms with van der Waals surface area (Å²) in [6.07, 6.45) is 2.60. The van der Waals surface area contributed by atoms with E-state index in [2.05, 4.69) is 10.1 Å². The summed E-state index contributed by atoms with van der Waals surface area (Å²) in [5.41, 5.74) is 0.397. The first-order chi connectivity index (χ1) is 10.5. The van der Waals surface area contributed by atoms with Crippen molar-refractivity contribution in [3.05, 3.63) is 16.3 Å². The smallest absolute Gasteiger partial charge is 0.350 e. The SMILES string of the molecule is COC(=O)c1sccc1NC(=O)C1C2CCC(C2)C1C(=O)O. The van der Waals surface area contributed by atoms with Crippen LogP contribution < -0.4 is 5.32 Å². The predicted octanol–water partition coefficient (Wildman–Crippen LogP) is 2.22. The number of carboxylic acids is 1. The number of anilines is 1. The van der Waals surface area contributed by atoms with Crippen molar-refractivity contribution in [3.63, 3.8) is 0 Å². The molecule has 2 aliphatic rings. The summed E-state index contributed by atoms with van der Waals surface area (Å²) < 4.78 is 4.68. The van der Waals surface area contributed by atoms with Crippen LogP contribution in [0.4, 0.5) is 5.69 Å². The zero-order valence-electron chi connectivity index (χ0n) is 12.1. The highest BCUT2D eigenvalue weighted by Gasteiger charge is 2.54. The first-order valence-corrected chi connectivity index (χ1v) is 8.10. The lowest BCUT2D eigenvalue weighted by Crippen LogP contribution is -2.38. The number of hydrogen-bond acceptors (Lipinski definition) is 5. The van der Waals surface area contributed by atoms with E-state index in [1.54, 1.807) is 11.4 Å². The number of hydrogen-bond donors (Lipinski definition) is 2. The van der Waals surface area contributed by atoms with E-state index >= 15 is 0 Å². The number of rotatable bonds is 4. The number of carbonyl (C=O) groups excluding carboxylic acids is 2. The minimum absolute atomic E-state index is 0.0980. The van der Waals surface area contributed by atoms with Crippen LogP contribution in [0.5, 0.6) is 0 Å². The fourth-order valence-corrected chi connectivity index (χ4v) is 4.66. The summed E-state index contributed by atoms with van der Waals surface area (Å²) in [4.78, 5) is 36.0. The molecule has 22 heavy (non-hydrogen) atoms. The summed E-state index contributed by atoms with van der Waals surface area (Å²) >= 11 is 1.18. The minimum Gasteiger partial charge on any atom is -0.481 e. The Morgan fingerprint density at radius 2 is 1.95 bits per heavy atom. The van der Waals surface area contributed by atoms with Gasteiger partial charge in [0.15, 0.2) is 0 Å². The molecule has 0 spiro atoms. The molecule has 1 heterocycles. The number of thiophene rings is 1. The van der Waals surface area contributed by atoms with Crippen LogP contribution in [0.25, 0.3) is 0 Å². The first-order valence-electron chi connectivity index (χ1n) is 7.22. The number of esters is 1. The molecule has 6 nitrogen and oxygen atoms in total. The van der Waals surface area contributed by atoms with E-state index in [1.807, 2.05) is 0 Å². The van der Waals surface area contributed by atoms with E-state index in [0.717, 1.165) is 19.3 Å². The Morgan fingerprint density at radius 3 is 2.59 bits per heavy atom. The van der Waals surface area contributed by atoms with E-state index in [0.29, 0.717) is 10.6 Å². The van der Waals surface area contributed by atoms with Crippen LogP contribution in [0.1, 0.15) is 28.9 Å². The molecule has 2 N–H and O–H groups in total. The molecule has 1 aromatic heterocycles. The van der Waals surface area contributed by atoms with Gasteiger partial charge in [-0.1, -0.05) is 0 Å². The van der Waals surface area contributed by atoms with Crippen molar-refractivity contribution in [3.8, 4) is 0 Å². The number of carboxylic acid groups (broad SMARTS) is 1. The molecule has 4 unspecified atom stereocenters. The van der Waals surface area contributed by atoms with Gasteiger partial charge in [0.2, 0.25) is 5.91 Å². The molecule has 2 bridgehead atoms. The van der Waals surface area contributed by atoms with Gasteiger partial charge < -0.3 is 15.2 Å². The third-order valence-corrected chi connectivity index (χ3v) is 5.69. The van der Waals surface area contributed by atoms with E-state index in [1.165, 1.54) is 18.4 Å². The van der Waals surface area contributed by atoms with E-state index < -0.39 is 23.8 Å². The van der Waals surface area contributed by atoms with Crippen molar-refractivity contribution in [2.24, 2.45) is 23.7 Å². The van der Waals surface area contributed by atoms with Crippen molar-refractivity contribution in [2.75, 3.05) is 12.4 Å². The van der Waals surface area contributed by atoms with Crippen LogP contribution in [0.2, 0.25) is 0 Å². The standard InChI is InChI=1S/C15H17NO5S/c1-21-15(20)12-9(4-5-22-12)16-13(17)10-7-2-3-8(6-7)11(10)14(18)19/h4-5,7-8,10-11H,2-3,6H2,1H3,(H,16,17)(H,18,19).